The Kier molecular flexibility index (Phi) is 6.76. The minimum absolute atomic E-state index is 0.815. The van der Waals surface area contributed by atoms with Crippen molar-refractivity contribution in [2.45, 2.75) is 20.8 Å². The number of nitrogens with zero attached hydrogens (tertiary/aromatic N) is 2. The third kappa shape index (κ3) is 4.05. The second-order valence-corrected chi connectivity index (χ2v) is 3.73. The van der Waals surface area contributed by atoms with Crippen molar-refractivity contribution in [1.29, 1.82) is 0 Å². The molecule has 0 saturated carbocycles. The van der Waals surface area contributed by atoms with Crippen LogP contribution < -0.4 is 0 Å². The number of pyridine rings is 1. The SMILES string of the molecule is C=C/C(=C\C=C/C)c1ncc(-c2ccncc2)[nH]1.CC. The number of aromatic amines is 1. The number of rotatable bonds is 4. The van der Waals surface area contributed by atoms with E-state index in [0.29, 0.717) is 0 Å². The minimum Gasteiger partial charge on any atom is -0.338 e. The molecule has 0 aliphatic carbocycles. The molecule has 0 radical (unpaired) electrons. The Morgan fingerprint density at radius 3 is 2.55 bits per heavy atom. The van der Waals surface area contributed by atoms with Gasteiger partial charge in [0, 0.05) is 23.5 Å². The Bertz CT molecular complexity index is 577. The van der Waals surface area contributed by atoms with E-state index in [0.717, 1.165) is 22.7 Å². The molecule has 0 aliphatic heterocycles. The van der Waals surface area contributed by atoms with Crippen LogP contribution in [0.2, 0.25) is 0 Å². The number of H-pyrrole nitrogens is 1. The Morgan fingerprint density at radius 2 is 1.95 bits per heavy atom. The molecule has 2 aromatic rings. The number of hydrogen-bond acceptors (Lipinski definition) is 2. The van der Waals surface area contributed by atoms with E-state index < -0.39 is 0 Å². The van der Waals surface area contributed by atoms with E-state index in [1.54, 1.807) is 18.5 Å². The van der Waals surface area contributed by atoms with E-state index in [1.165, 1.54) is 0 Å². The second kappa shape index (κ2) is 8.64. The lowest BCUT2D eigenvalue weighted by Crippen LogP contribution is -1.84. The van der Waals surface area contributed by atoms with Crippen molar-refractivity contribution in [1.82, 2.24) is 15.0 Å². The van der Waals surface area contributed by atoms with Crippen molar-refractivity contribution in [2.24, 2.45) is 0 Å². The molecule has 104 valence electrons. The predicted octanol–water partition coefficient (Wildman–Crippen LogP) is 4.64. The van der Waals surface area contributed by atoms with Crippen LogP contribution in [-0.4, -0.2) is 15.0 Å². The summed E-state index contributed by atoms with van der Waals surface area (Å²) in [6.45, 7) is 9.77. The third-order valence-electron chi connectivity index (χ3n) is 2.53. The zero-order chi connectivity index (χ0) is 14.8. The Balaban J connectivity index is 0.000000956. The summed E-state index contributed by atoms with van der Waals surface area (Å²) in [5.74, 6) is 0.815. The molecule has 2 rings (SSSR count). The molecule has 0 atom stereocenters. The Labute approximate surface area is 120 Å². The van der Waals surface area contributed by atoms with Crippen molar-refractivity contribution < 1.29 is 0 Å². The van der Waals surface area contributed by atoms with Crippen LogP contribution in [0.3, 0.4) is 0 Å². The molecule has 3 heteroatoms. The molecule has 0 spiro atoms. The van der Waals surface area contributed by atoms with Gasteiger partial charge >= 0.3 is 0 Å². The molecule has 0 bridgehead atoms. The van der Waals surface area contributed by atoms with Gasteiger partial charge < -0.3 is 4.98 Å². The zero-order valence-electron chi connectivity index (χ0n) is 12.3. The number of imidazole rings is 1. The van der Waals surface area contributed by atoms with Crippen LogP contribution in [-0.2, 0) is 0 Å². The monoisotopic (exact) mass is 267 g/mol. The molecule has 0 fully saturated rings. The summed E-state index contributed by atoms with van der Waals surface area (Å²) in [6.07, 6.45) is 13.0. The summed E-state index contributed by atoms with van der Waals surface area (Å²) in [6, 6.07) is 3.89. The molecule has 0 saturated heterocycles. The maximum absolute atomic E-state index is 4.37. The summed E-state index contributed by atoms with van der Waals surface area (Å²) in [5.41, 5.74) is 3.01. The molecule has 0 aliphatic rings. The van der Waals surface area contributed by atoms with E-state index in [9.17, 15) is 0 Å². The van der Waals surface area contributed by atoms with Crippen LogP contribution in [0, 0.1) is 0 Å². The normalized spacial score (nSPS) is 11.1. The third-order valence-corrected chi connectivity index (χ3v) is 2.53. The lowest BCUT2D eigenvalue weighted by molar-refractivity contribution is 1.24. The van der Waals surface area contributed by atoms with Crippen LogP contribution in [0.5, 0.6) is 0 Å². The fourth-order valence-corrected chi connectivity index (χ4v) is 1.59. The maximum atomic E-state index is 4.37. The molecule has 0 unspecified atom stereocenters. The van der Waals surface area contributed by atoms with Crippen LogP contribution in [0.25, 0.3) is 16.8 Å². The summed E-state index contributed by atoms with van der Waals surface area (Å²) >= 11 is 0. The van der Waals surface area contributed by atoms with Gasteiger partial charge in [-0.2, -0.15) is 0 Å². The highest BCUT2D eigenvalue weighted by molar-refractivity contribution is 5.72. The van der Waals surface area contributed by atoms with Gasteiger partial charge in [0.05, 0.1) is 11.9 Å². The van der Waals surface area contributed by atoms with Crippen molar-refractivity contribution >= 4 is 5.57 Å². The van der Waals surface area contributed by atoms with Crippen molar-refractivity contribution in [2.75, 3.05) is 0 Å². The molecule has 2 heterocycles. The first-order chi connectivity index (χ1) is 9.85. The van der Waals surface area contributed by atoms with E-state index >= 15 is 0 Å². The van der Waals surface area contributed by atoms with Gasteiger partial charge in [0.25, 0.3) is 0 Å². The standard InChI is InChI=1S/C15H15N3.C2H6/c1-3-5-6-12(4-2)15-17-11-14(18-15)13-7-9-16-10-8-13;1-2/h3-11H,2H2,1H3,(H,17,18);1-2H3/b5-3-,12-6+;. The van der Waals surface area contributed by atoms with Gasteiger partial charge in [-0.1, -0.05) is 44.7 Å². The van der Waals surface area contributed by atoms with Crippen molar-refractivity contribution in [3.05, 3.63) is 67.4 Å². The van der Waals surface area contributed by atoms with Gasteiger partial charge in [-0.05, 0) is 19.1 Å². The highest BCUT2D eigenvalue weighted by Gasteiger charge is 2.04. The first-order valence-corrected chi connectivity index (χ1v) is 6.76. The topological polar surface area (TPSA) is 41.6 Å². The largest absolute Gasteiger partial charge is 0.338 e. The van der Waals surface area contributed by atoms with E-state index in [4.69, 9.17) is 0 Å². The van der Waals surface area contributed by atoms with Crippen LogP contribution in [0.1, 0.15) is 26.6 Å². The fraction of sp³-hybridized carbons (Fsp3) is 0.176. The highest BCUT2D eigenvalue weighted by Crippen LogP contribution is 2.19. The molecule has 20 heavy (non-hydrogen) atoms. The fourth-order valence-electron chi connectivity index (χ4n) is 1.59. The molecule has 3 nitrogen and oxygen atoms in total. The molecular formula is C17H21N3. The lowest BCUT2D eigenvalue weighted by Gasteiger charge is -1.97. The Morgan fingerprint density at radius 1 is 1.25 bits per heavy atom. The quantitative estimate of drug-likeness (QED) is 0.820. The first kappa shape index (κ1) is 15.6. The Hall–Kier alpha value is -2.42. The van der Waals surface area contributed by atoms with Crippen molar-refractivity contribution in [3.8, 4) is 11.3 Å². The number of aromatic nitrogens is 3. The highest BCUT2D eigenvalue weighted by atomic mass is 14.9. The maximum Gasteiger partial charge on any atom is 0.137 e. The van der Waals surface area contributed by atoms with Crippen LogP contribution in [0.4, 0.5) is 0 Å². The molecule has 1 N–H and O–H groups in total. The van der Waals surface area contributed by atoms with Crippen molar-refractivity contribution in [3.63, 3.8) is 0 Å². The number of allylic oxidation sites excluding steroid dienone is 5. The van der Waals surface area contributed by atoms with Gasteiger partial charge in [0.1, 0.15) is 5.82 Å². The molecule has 2 aromatic heterocycles. The number of nitrogens with one attached hydrogen (secondary N) is 1. The predicted molar refractivity (Wildman–Crippen MR) is 86.2 cm³/mol. The smallest absolute Gasteiger partial charge is 0.137 e. The second-order valence-electron chi connectivity index (χ2n) is 3.73. The summed E-state index contributed by atoms with van der Waals surface area (Å²) in [7, 11) is 0. The summed E-state index contributed by atoms with van der Waals surface area (Å²) in [4.78, 5) is 11.6. The average molecular weight is 267 g/mol. The van der Waals surface area contributed by atoms with Crippen LogP contribution in [0.15, 0.2) is 61.6 Å². The van der Waals surface area contributed by atoms with Crippen LogP contribution >= 0.6 is 0 Å². The zero-order valence-corrected chi connectivity index (χ0v) is 12.3. The molecule has 0 amide bonds. The average Bonchev–Trinajstić information content (AvgIpc) is 3.01. The summed E-state index contributed by atoms with van der Waals surface area (Å²) < 4.78 is 0. The lowest BCUT2D eigenvalue weighted by atomic mass is 10.2. The van der Waals surface area contributed by atoms with Gasteiger partial charge in [-0.15, -0.1) is 0 Å². The van der Waals surface area contributed by atoms with E-state index in [-0.39, 0.29) is 0 Å². The minimum atomic E-state index is 0.815. The first-order valence-electron chi connectivity index (χ1n) is 6.76. The van der Waals surface area contributed by atoms with E-state index in [2.05, 4.69) is 21.5 Å². The van der Waals surface area contributed by atoms with E-state index in [1.807, 2.05) is 57.3 Å². The van der Waals surface area contributed by atoms with Gasteiger partial charge in [0.15, 0.2) is 0 Å². The molecular weight excluding hydrogens is 246 g/mol. The van der Waals surface area contributed by atoms with Gasteiger partial charge in [-0.25, -0.2) is 4.98 Å². The number of hydrogen-bond donors (Lipinski definition) is 1. The van der Waals surface area contributed by atoms with Gasteiger partial charge in [-0.3, -0.25) is 4.98 Å². The molecule has 0 aromatic carbocycles. The summed E-state index contributed by atoms with van der Waals surface area (Å²) in [5, 5.41) is 0. The van der Waals surface area contributed by atoms with Gasteiger partial charge in [0.2, 0.25) is 0 Å².